The highest BCUT2D eigenvalue weighted by Crippen LogP contribution is 2.32. The van der Waals surface area contributed by atoms with Crippen LogP contribution in [-0.4, -0.2) is 44.7 Å². The van der Waals surface area contributed by atoms with Gasteiger partial charge < -0.3 is 9.73 Å². The molecule has 1 N–H and O–H groups in total. The molecule has 0 unspecified atom stereocenters. The molecule has 1 saturated heterocycles. The van der Waals surface area contributed by atoms with Crippen molar-refractivity contribution in [3.05, 3.63) is 47.4 Å². The molecule has 0 radical (unpaired) electrons. The molecule has 8 heteroatoms. The molecule has 3 aromatic heterocycles. The van der Waals surface area contributed by atoms with Crippen molar-refractivity contribution in [2.45, 2.75) is 31.3 Å². The quantitative estimate of drug-likeness (QED) is 0.692. The molecule has 1 aliphatic carbocycles. The highest BCUT2D eigenvalue weighted by molar-refractivity contribution is 7.13. The van der Waals surface area contributed by atoms with Gasteiger partial charge in [0.25, 0.3) is 0 Å². The van der Waals surface area contributed by atoms with E-state index < -0.39 is 0 Å². The van der Waals surface area contributed by atoms with Gasteiger partial charge >= 0.3 is 0 Å². The van der Waals surface area contributed by atoms with Crippen molar-refractivity contribution in [1.29, 1.82) is 0 Å². The molecule has 5 rings (SSSR count). The average molecular weight is 398 g/mol. The van der Waals surface area contributed by atoms with E-state index in [9.17, 15) is 4.79 Å². The summed E-state index contributed by atoms with van der Waals surface area (Å²) in [5.41, 5.74) is 2.07. The van der Waals surface area contributed by atoms with Crippen molar-refractivity contribution < 1.29 is 9.21 Å². The van der Waals surface area contributed by atoms with Crippen LogP contribution in [-0.2, 0) is 18.4 Å². The van der Waals surface area contributed by atoms with Crippen LogP contribution in [0.5, 0.6) is 0 Å². The van der Waals surface area contributed by atoms with Crippen LogP contribution in [0, 0.1) is 5.92 Å². The Kier molecular flexibility index (Phi) is 4.52. The molecule has 0 bridgehead atoms. The number of amides is 1. The molecule has 2 aliphatic rings. The van der Waals surface area contributed by atoms with Crippen LogP contribution in [0.3, 0.4) is 0 Å². The third-order valence-electron chi connectivity index (χ3n) is 5.58. The molecule has 3 aromatic rings. The number of carbonyl (C=O) groups is 1. The van der Waals surface area contributed by atoms with E-state index in [4.69, 9.17) is 4.42 Å². The van der Waals surface area contributed by atoms with Crippen molar-refractivity contribution >= 4 is 17.2 Å². The van der Waals surface area contributed by atoms with Gasteiger partial charge in [0.05, 0.1) is 16.6 Å². The Labute approximate surface area is 167 Å². The maximum absolute atomic E-state index is 12.4. The first-order valence-corrected chi connectivity index (χ1v) is 10.5. The highest BCUT2D eigenvalue weighted by atomic mass is 32.1. The SMILES string of the molecule is Cn1nccc1[C@@H]1CN(Cc2coc(-c3cccs3)n2)C[C@H]1NC(=O)C1CC1. The molecular weight excluding hydrogens is 374 g/mol. The molecule has 0 spiro atoms. The predicted molar refractivity (Wildman–Crippen MR) is 106 cm³/mol. The fraction of sp³-hybridized carbons (Fsp3) is 0.450. The second-order valence-electron chi connectivity index (χ2n) is 7.69. The summed E-state index contributed by atoms with van der Waals surface area (Å²) in [5, 5.41) is 9.63. The lowest BCUT2D eigenvalue weighted by Gasteiger charge is -2.20. The smallest absolute Gasteiger partial charge is 0.236 e. The van der Waals surface area contributed by atoms with E-state index in [-0.39, 0.29) is 23.8 Å². The number of oxazole rings is 1. The zero-order valence-corrected chi connectivity index (χ0v) is 16.6. The third-order valence-corrected chi connectivity index (χ3v) is 6.44. The van der Waals surface area contributed by atoms with Gasteiger partial charge in [0.2, 0.25) is 11.8 Å². The molecule has 4 heterocycles. The number of rotatable bonds is 6. The number of hydrogen-bond donors (Lipinski definition) is 1. The van der Waals surface area contributed by atoms with E-state index in [1.165, 1.54) is 0 Å². The molecule has 1 saturated carbocycles. The number of thiophene rings is 1. The molecule has 2 fully saturated rings. The third kappa shape index (κ3) is 3.49. The summed E-state index contributed by atoms with van der Waals surface area (Å²) in [7, 11) is 1.96. The molecule has 1 amide bonds. The predicted octanol–water partition coefficient (Wildman–Crippen LogP) is 2.63. The van der Waals surface area contributed by atoms with Crippen molar-refractivity contribution in [3.63, 3.8) is 0 Å². The normalized spacial score (nSPS) is 22.6. The first-order valence-electron chi connectivity index (χ1n) is 9.66. The number of aromatic nitrogens is 3. The largest absolute Gasteiger partial charge is 0.444 e. The lowest BCUT2D eigenvalue weighted by Crippen LogP contribution is -2.41. The fourth-order valence-electron chi connectivity index (χ4n) is 3.98. The Bertz CT molecular complexity index is 959. The van der Waals surface area contributed by atoms with E-state index in [1.54, 1.807) is 17.6 Å². The summed E-state index contributed by atoms with van der Waals surface area (Å²) in [5.74, 6) is 1.30. The van der Waals surface area contributed by atoms with Gasteiger partial charge in [0, 0.05) is 50.4 Å². The maximum atomic E-state index is 12.4. The molecule has 0 aromatic carbocycles. The van der Waals surface area contributed by atoms with Gasteiger partial charge in [0.15, 0.2) is 0 Å². The summed E-state index contributed by atoms with van der Waals surface area (Å²) in [6, 6.07) is 6.15. The number of carbonyl (C=O) groups excluding carboxylic acids is 1. The molecule has 146 valence electrons. The fourth-order valence-corrected chi connectivity index (χ4v) is 4.63. The first kappa shape index (κ1) is 17.6. The van der Waals surface area contributed by atoms with Gasteiger partial charge in [-0.1, -0.05) is 6.07 Å². The van der Waals surface area contributed by atoms with Crippen LogP contribution < -0.4 is 5.32 Å². The van der Waals surface area contributed by atoms with E-state index in [1.807, 2.05) is 35.4 Å². The number of aryl methyl sites for hydroxylation is 1. The molecule has 7 nitrogen and oxygen atoms in total. The van der Waals surface area contributed by atoms with Gasteiger partial charge in [-0.15, -0.1) is 11.3 Å². The van der Waals surface area contributed by atoms with Crippen LogP contribution in [0.4, 0.5) is 0 Å². The summed E-state index contributed by atoms with van der Waals surface area (Å²) >= 11 is 1.62. The topological polar surface area (TPSA) is 76.2 Å². The minimum absolute atomic E-state index is 0.0900. The number of nitrogens with zero attached hydrogens (tertiary/aromatic N) is 4. The molecular formula is C20H23N5O2S. The van der Waals surface area contributed by atoms with Crippen LogP contribution in [0.1, 0.15) is 30.1 Å². The summed E-state index contributed by atoms with van der Waals surface area (Å²) in [6.07, 6.45) is 5.60. The van der Waals surface area contributed by atoms with Crippen molar-refractivity contribution in [2.75, 3.05) is 13.1 Å². The minimum Gasteiger partial charge on any atom is -0.444 e. The standard InChI is InChI=1S/C20H23N5O2S/c1-24-17(6-7-21-24)15-10-25(11-16(15)23-19(26)13-4-5-13)9-14-12-27-20(22-14)18-3-2-8-28-18/h2-3,6-8,12-13,15-16H,4-5,9-11H2,1H3,(H,23,26)/t15-,16-/m1/s1. The number of hydrogen-bond acceptors (Lipinski definition) is 6. The molecule has 2 atom stereocenters. The van der Waals surface area contributed by atoms with Crippen molar-refractivity contribution in [3.8, 4) is 10.8 Å². The van der Waals surface area contributed by atoms with Gasteiger partial charge in [0.1, 0.15) is 6.26 Å². The molecule has 28 heavy (non-hydrogen) atoms. The van der Waals surface area contributed by atoms with Crippen LogP contribution in [0.25, 0.3) is 10.8 Å². The van der Waals surface area contributed by atoms with Crippen LogP contribution in [0.15, 0.2) is 40.5 Å². The number of likely N-dealkylation sites (tertiary alicyclic amines) is 1. The van der Waals surface area contributed by atoms with Crippen LogP contribution in [0.2, 0.25) is 0 Å². The monoisotopic (exact) mass is 397 g/mol. The summed E-state index contributed by atoms with van der Waals surface area (Å²) in [4.78, 5) is 20.4. The zero-order valence-electron chi connectivity index (χ0n) is 15.7. The Morgan fingerprint density at radius 2 is 2.25 bits per heavy atom. The Morgan fingerprint density at radius 3 is 2.96 bits per heavy atom. The lowest BCUT2D eigenvalue weighted by molar-refractivity contribution is -0.123. The van der Waals surface area contributed by atoms with Gasteiger partial charge in [-0.3, -0.25) is 14.4 Å². The second kappa shape index (κ2) is 7.18. The second-order valence-corrected chi connectivity index (χ2v) is 8.64. The van der Waals surface area contributed by atoms with Gasteiger partial charge in [-0.05, 0) is 30.4 Å². The van der Waals surface area contributed by atoms with E-state index in [0.29, 0.717) is 12.4 Å². The number of nitrogens with one attached hydrogen (secondary N) is 1. The van der Waals surface area contributed by atoms with Gasteiger partial charge in [-0.25, -0.2) is 4.98 Å². The Hall–Kier alpha value is -2.45. The van der Waals surface area contributed by atoms with Crippen molar-refractivity contribution in [1.82, 2.24) is 25.0 Å². The minimum atomic E-state index is 0.0900. The summed E-state index contributed by atoms with van der Waals surface area (Å²) in [6.45, 7) is 2.37. The van der Waals surface area contributed by atoms with Crippen LogP contribution >= 0.6 is 11.3 Å². The zero-order chi connectivity index (χ0) is 19.1. The van der Waals surface area contributed by atoms with Gasteiger partial charge in [-0.2, -0.15) is 5.10 Å². The Balaban J connectivity index is 1.31. The van der Waals surface area contributed by atoms with Crippen molar-refractivity contribution in [2.24, 2.45) is 13.0 Å². The summed E-state index contributed by atoms with van der Waals surface area (Å²) < 4.78 is 7.57. The molecule has 1 aliphatic heterocycles. The maximum Gasteiger partial charge on any atom is 0.236 e. The highest BCUT2D eigenvalue weighted by Gasteiger charge is 2.39. The van der Waals surface area contributed by atoms with E-state index >= 15 is 0 Å². The Morgan fingerprint density at radius 1 is 1.36 bits per heavy atom. The van der Waals surface area contributed by atoms with E-state index in [2.05, 4.69) is 26.4 Å². The van der Waals surface area contributed by atoms with E-state index in [0.717, 1.165) is 42.2 Å². The average Bonchev–Trinajstić information content (AvgIpc) is 3.08. The lowest BCUT2D eigenvalue weighted by atomic mass is 9.99. The first-order chi connectivity index (χ1) is 13.7.